The average Bonchev–Trinajstić information content (AvgIpc) is 3.45. The number of carbonyl (C=O) groups excluding carboxylic acids is 1. The molecule has 168 valence electrons. The first-order valence-electron chi connectivity index (χ1n) is 11.6. The van der Waals surface area contributed by atoms with Gasteiger partial charge in [-0.15, -0.1) is 0 Å². The van der Waals surface area contributed by atoms with E-state index in [9.17, 15) is 4.79 Å². The minimum absolute atomic E-state index is 0.142. The number of nitrogens with zero attached hydrogens (tertiary/aromatic N) is 4. The summed E-state index contributed by atoms with van der Waals surface area (Å²) in [4.78, 5) is 17.8. The molecular formula is C27H29N5O. The molecule has 6 heteroatoms. The summed E-state index contributed by atoms with van der Waals surface area (Å²) in [5, 5.41) is 7.58. The van der Waals surface area contributed by atoms with Crippen LogP contribution in [0.2, 0.25) is 0 Å². The number of imidazole rings is 1. The summed E-state index contributed by atoms with van der Waals surface area (Å²) in [5.41, 5.74) is 6.77. The summed E-state index contributed by atoms with van der Waals surface area (Å²) < 4.78 is 4.18. The normalized spacial score (nSPS) is 13.2. The van der Waals surface area contributed by atoms with Gasteiger partial charge in [0.15, 0.2) is 0 Å². The van der Waals surface area contributed by atoms with E-state index >= 15 is 0 Å². The third kappa shape index (κ3) is 4.09. The molecule has 33 heavy (non-hydrogen) atoms. The Morgan fingerprint density at radius 3 is 2.48 bits per heavy atom. The van der Waals surface area contributed by atoms with Crippen LogP contribution in [0, 0.1) is 6.92 Å². The fraction of sp³-hybridized carbons (Fsp3) is 0.296. The Morgan fingerprint density at radius 1 is 1.00 bits per heavy atom. The van der Waals surface area contributed by atoms with Crippen molar-refractivity contribution in [3.8, 4) is 17.1 Å². The SMILES string of the molecule is Cc1ccc(-n2ncc(C(=O)Nc3ccc(-c4ncc5n4CCCC5)cc3)c2C(C)C)cc1. The van der Waals surface area contributed by atoms with E-state index in [-0.39, 0.29) is 11.8 Å². The van der Waals surface area contributed by atoms with Crippen molar-refractivity contribution in [2.24, 2.45) is 0 Å². The number of aromatic nitrogens is 4. The summed E-state index contributed by atoms with van der Waals surface area (Å²) in [7, 11) is 0. The zero-order chi connectivity index (χ0) is 22.9. The van der Waals surface area contributed by atoms with Gasteiger partial charge >= 0.3 is 0 Å². The van der Waals surface area contributed by atoms with Crippen molar-refractivity contribution >= 4 is 11.6 Å². The van der Waals surface area contributed by atoms with E-state index in [4.69, 9.17) is 0 Å². The summed E-state index contributed by atoms with van der Waals surface area (Å²) in [6, 6.07) is 16.1. The zero-order valence-electron chi connectivity index (χ0n) is 19.4. The van der Waals surface area contributed by atoms with Gasteiger partial charge in [0.05, 0.1) is 23.1 Å². The molecule has 0 bridgehead atoms. The monoisotopic (exact) mass is 439 g/mol. The van der Waals surface area contributed by atoms with Gasteiger partial charge in [-0.2, -0.15) is 5.10 Å². The van der Waals surface area contributed by atoms with Crippen LogP contribution in [-0.2, 0) is 13.0 Å². The van der Waals surface area contributed by atoms with Crippen LogP contribution in [-0.4, -0.2) is 25.2 Å². The van der Waals surface area contributed by atoms with Crippen LogP contribution in [0.3, 0.4) is 0 Å². The Hall–Kier alpha value is -3.67. The number of fused-ring (bicyclic) bond motifs is 1. The Morgan fingerprint density at radius 2 is 1.76 bits per heavy atom. The number of hydrogen-bond donors (Lipinski definition) is 1. The van der Waals surface area contributed by atoms with Crippen molar-refractivity contribution in [1.29, 1.82) is 0 Å². The van der Waals surface area contributed by atoms with Gasteiger partial charge in [-0.1, -0.05) is 31.5 Å². The van der Waals surface area contributed by atoms with Crippen LogP contribution in [0.5, 0.6) is 0 Å². The molecule has 1 amide bonds. The predicted octanol–water partition coefficient (Wildman–Crippen LogP) is 5.76. The quantitative estimate of drug-likeness (QED) is 0.430. The van der Waals surface area contributed by atoms with Crippen molar-refractivity contribution in [3.05, 3.63) is 83.4 Å². The second-order valence-electron chi connectivity index (χ2n) is 9.06. The maximum Gasteiger partial charge on any atom is 0.259 e. The maximum atomic E-state index is 13.2. The summed E-state index contributed by atoms with van der Waals surface area (Å²) in [5.74, 6) is 0.996. The van der Waals surface area contributed by atoms with Crippen molar-refractivity contribution in [3.63, 3.8) is 0 Å². The number of hydrogen-bond acceptors (Lipinski definition) is 3. The van der Waals surface area contributed by atoms with Gasteiger partial charge in [-0.3, -0.25) is 4.79 Å². The molecule has 3 heterocycles. The molecule has 1 N–H and O–H groups in total. The smallest absolute Gasteiger partial charge is 0.259 e. The Labute approximate surface area is 194 Å². The van der Waals surface area contributed by atoms with Crippen molar-refractivity contribution in [2.75, 3.05) is 5.32 Å². The number of amides is 1. The van der Waals surface area contributed by atoms with Crippen LogP contribution < -0.4 is 5.32 Å². The van der Waals surface area contributed by atoms with E-state index in [0.29, 0.717) is 5.56 Å². The fourth-order valence-corrected chi connectivity index (χ4v) is 4.55. The third-order valence-electron chi connectivity index (χ3n) is 6.28. The molecule has 0 fully saturated rings. The number of aryl methyl sites for hydroxylation is 2. The molecule has 0 atom stereocenters. The summed E-state index contributed by atoms with van der Waals surface area (Å²) in [6.07, 6.45) is 7.17. The lowest BCUT2D eigenvalue weighted by molar-refractivity contribution is 0.102. The van der Waals surface area contributed by atoms with E-state index in [0.717, 1.165) is 41.4 Å². The summed E-state index contributed by atoms with van der Waals surface area (Å²) >= 11 is 0. The highest BCUT2D eigenvalue weighted by atomic mass is 16.1. The first-order chi connectivity index (χ1) is 16.0. The zero-order valence-corrected chi connectivity index (χ0v) is 19.4. The van der Waals surface area contributed by atoms with Crippen molar-refractivity contribution < 1.29 is 4.79 Å². The topological polar surface area (TPSA) is 64.7 Å². The number of anilines is 1. The highest BCUT2D eigenvalue weighted by Crippen LogP contribution is 2.27. The number of rotatable bonds is 5. The van der Waals surface area contributed by atoms with Crippen LogP contribution in [0.4, 0.5) is 5.69 Å². The lowest BCUT2D eigenvalue weighted by atomic mass is 10.0. The minimum Gasteiger partial charge on any atom is -0.328 e. The first kappa shape index (κ1) is 21.2. The van der Waals surface area contributed by atoms with Gasteiger partial charge in [0.2, 0.25) is 0 Å². The molecule has 4 aromatic rings. The summed E-state index contributed by atoms with van der Waals surface area (Å²) in [6.45, 7) is 7.24. The molecule has 6 nitrogen and oxygen atoms in total. The standard InChI is InChI=1S/C27H29N5O/c1-18(2)25-24(17-29-32(25)22-13-7-19(3)8-14-22)27(33)30-21-11-9-20(10-12-21)26-28-16-23-6-4-5-15-31(23)26/h7-14,16-18H,4-6,15H2,1-3H3,(H,30,33). The molecule has 0 spiro atoms. The van der Waals surface area contributed by atoms with Crippen LogP contribution in [0.25, 0.3) is 17.1 Å². The van der Waals surface area contributed by atoms with Crippen molar-refractivity contribution in [1.82, 2.24) is 19.3 Å². The number of nitrogens with one attached hydrogen (secondary N) is 1. The molecule has 0 saturated carbocycles. The van der Waals surface area contributed by atoms with Gasteiger partial charge in [-0.05, 0) is 68.5 Å². The predicted molar refractivity (Wildman–Crippen MR) is 131 cm³/mol. The van der Waals surface area contributed by atoms with Gasteiger partial charge in [-0.25, -0.2) is 9.67 Å². The van der Waals surface area contributed by atoms with Crippen LogP contribution in [0.15, 0.2) is 60.9 Å². The second kappa shape index (κ2) is 8.70. The molecule has 1 aliphatic rings. The molecule has 2 aromatic carbocycles. The molecule has 0 unspecified atom stereocenters. The van der Waals surface area contributed by atoms with Crippen molar-refractivity contribution in [2.45, 2.75) is 52.5 Å². The fourth-order valence-electron chi connectivity index (χ4n) is 4.55. The molecule has 2 aromatic heterocycles. The maximum absolute atomic E-state index is 13.2. The lowest BCUT2D eigenvalue weighted by Crippen LogP contribution is -2.15. The van der Waals surface area contributed by atoms with Crippen LogP contribution in [0.1, 0.15) is 59.9 Å². The van der Waals surface area contributed by atoms with E-state index in [1.807, 2.05) is 47.3 Å². The molecule has 5 rings (SSSR count). The highest BCUT2D eigenvalue weighted by Gasteiger charge is 2.21. The first-order valence-corrected chi connectivity index (χ1v) is 11.6. The second-order valence-corrected chi connectivity index (χ2v) is 9.06. The highest BCUT2D eigenvalue weighted by molar-refractivity contribution is 6.05. The van der Waals surface area contributed by atoms with E-state index < -0.39 is 0 Å². The lowest BCUT2D eigenvalue weighted by Gasteiger charge is -2.16. The molecule has 0 saturated heterocycles. The molecule has 1 aliphatic heterocycles. The molecule has 0 radical (unpaired) electrons. The average molecular weight is 440 g/mol. The van der Waals surface area contributed by atoms with Gasteiger partial charge in [0, 0.05) is 29.7 Å². The van der Waals surface area contributed by atoms with Gasteiger partial charge in [0.1, 0.15) is 5.82 Å². The number of benzene rings is 2. The minimum atomic E-state index is -0.150. The third-order valence-corrected chi connectivity index (χ3v) is 6.28. The van der Waals surface area contributed by atoms with Gasteiger partial charge < -0.3 is 9.88 Å². The molecular weight excluding hydrogens is 410 g/mol. The largest absolute Gasteiger partial charge is 0.328 e. The Kier molecular flexibility index (Phi) is 5.58. The Balaban J connectivity index is 1.38. The number of carbonyl (C=O) groups is 1. The van der Waals surface area contributed by atoms with Gasteiger partial charge in [0.25, 0.3) is 5.91 Å². The molecule has 0 aliphatic carbocycles. The van der Waals surface area contributed by atoms with E-state index in [1.54, 1.807) is 6.20 Å². The van der Waals surface area contributed by atoms with Crippen LogP contribution >= 0.6 is 0 Å². The van der Waals surface area contributed by atoms with E-state index in [2.05, 4.69) is 52.9 Å². The Bertz CT molecular complexity index is 1280. The van der Waals surface area contributed by atoms with E-state index in [1.165, 1.54) is 24.1 Å².